The molecule has 4 N–H and O–H groups in total. The zero-order chi connectivity index (χ0) is 21.0. The fourth-order valence-electron chi connectivity index (χ4n) is 3.29. The topological polar surface area (TPSA) is 117 Å². The van der Waals surface area contributed by atoms with Crippen molar-refractivity contribution in [3.63, 3.8) is 0 Å². The first kappa shape index (κ1) is 21.1. The van der Waals surface area contributed by atoms with Crippen LogP contribution in [0.1, 0.15) is 6.92 Å². The summed E-state index contributed by atoms with van der Waals surface area (Å²) in [5.41, 5.74) is 1.59. The summed E-state index contributed by atoms with van der Waals surface area (Å²) in [7, 11) is 1.58. The van der Waals surface area contributed by atoms with Crippen molar-refractivity contribution in [2.75, 3.05) is 13.7 Å². The van der Waals surface area contributed by atoms with E-state index in [0.717, 1.165) is 11.1 Å². The number of hydrogen-bond donors (Lipinski definition) is 4. The van der Waals surface area contributed by atoms with Gasteiger partial charge in [-0.3, -0.25) is 4.79 Å². The third-order valence-electron chi connectivity index (χ3n) is 4.76. The Morgan fingerprint density at radius 2 is 1.90 bits per heavy atom. The first-order valence-corrected chi connectivity index (χ1v) is 9.24. The lowest BCUT2D eigenvalue weighted by Crippen LogP contribution is -2.65. The lowest BCUT2D eigenvalue weighted by Gasteiger charge is -2.42. The number of aliphatic hydroxyl groups excluding tert-OH is 3. The van der Waals surface area contributed by atoms with E-state index in [1.165, 1.54) is 6.92 Å². The van der Waals surface area contributed by atoms with E-state index in [1.54, 1.807) is 19.2 Å². The van der Waals surface area contributed by atoms with E-state index in [4.69, 9.17) is 14.2 Å². The number of nitrogens with one attached hydrogen (secondary N) is 1. The monoisotopic (exact) mass is 403 g/mol. The number of para-hydroxylation sites is 1. The van der Waals surface area contributed by atoms with Crippen LogP contribution in [0.2, 0.25) is 0 Å². The van der Waals surface area contributed by atoms with E-state index in [1.807, 2.05) is 36.4 Å². The van der Waals surface area contributed by atoms with Gasteiger partial charge < -0.3 is 34.8 Å². The third-order valence-corrected chi connectivity index (χ3v) is 4.76. The van der Waals surface area contributed by atoms with Crippen molar-refractivity contribution < 1.29 is 34.3 Å². The molecule has 0 bridgehead atoms. The van der Waals surface area contributed by atoms with Gasteiger partial charge in [-0.15, -0.1) is 0 Å². The summed E-state index contributed by atoms with van der Waals surface area (Å²) in [5.74, 6) is 0.713. The van der Waals surface area contributed by atoms with Crippen molar-refractivity contribution in [2.45, 2.75) is 37.6 Å². The van der Waals surface area contributed by atoms with Crippen molar-refractivity contribution in [1.29, 1.82) is 0 Å². The maximum Gasteiger partial charge on any atom is 0.223 e. The maximum atomic E-state index is 11.6. The predicted molar refractivity (Wildman–Crippen MR) is 104 cm³/mol. The molecule has 0 aliphatic carbocycles. The Morgan fingerprint density at radius 3 is 2.59 bits per heavy atom. The van der Waals surface area contributed by atoms with Crippen LogP contribution in [0.15, 0.2) is 48.5 Å². The molecule has 8 heteroatoms. The zero-order valence-electron chi connectivity index (χ0n) is 16.2. The first-order valence-electron chi connectivity index (χ1n) is 9.24. The molecular weight excluding hydrogens is 378 g/mol. The molecule has 1 amide bonds. The molecule has 3 rings (SSSR count). The summed E-state index contributed by atoms with van der Waals surface area (Å²) >= 11 is 0. The number of aliphatic hydroxyl groups is 3. The van der Waals surface area contributed by atoms with E-state index in [2.05, 4.69) is 5.32 Å². The average Bonchev–Trinajstić information content (AvgIpc) is 2.73. The quantitative estimate of drug-likeness (QED) is 0.560. The number of benzene rings is 2. The molecule has 0 aromatic heterocycles. The van der Waals surface area contributed by atoms with E-state index >= 15 is 0 Å². The average molecular weight is 403 g/mol. The molecule has 1 aliphatic heterocycles. The number of rotatable bonds is 6. The Labute approximate surface area is 168 Å². The van der Waals surface area contributed by atoms with Gasteiger partial charge in [-0.05, 0) is 23.8 Å². The summed E-state index contributed by atoms with van der Waals surface area (Å²) in [5, 5.41) is 32.6. The van der Waals surface area contributed by atoms with Crippen LogP contribution in [0.3, 0.4) is 0 Å². The fourth-order valence-corrected chi connectivity index (χ4v) is 3.29. The van der Waals surface area contributed by atoms with Crippen molar-refractivity contribution >= 4 is 5.91 Å². The molecule has 1 fully saturated rings. The second-order valence-corrected chi connectivity index (χ2v) is 6.78. The second kappa shape index (κ2) is 9.23. The van der Waals surface area contributed by atoms with Crippen LogP contribution in [-0.2, 0) is 9.53 Å². The summed E-state index contributed by atoms with van der Waals surface area (Å²) in [4.78, 5) is 11.6. The van der Waals surface area contributed by atoms with Gasteiger partial charge in [0.25, 0.3) is 0 Å². The first-order chi connectivity index (χ1) is 13.9. The van der Waals surface area contributed by atoms with Crippen LogP contribution in [0.25, 0.3) is 11.1 Å². The van der Waals surface area contributed by atoms with Crippen LogP contribution in [0, 0.1) is 0 Å². The summed E-state index contributed by atoms with van der Waals surface area (Å²) < 4.78 is 16.9. The van der Waals surface area contributed by atoms with Crippen molar-refractivity contribution in [2.24, 2.45) is 0 Å². The highest BCUT2D eigenvalue weighted by molar-refractivity contribution is 5.73. The minimum atomic E-state index is -1.38. The standard InChI is InChI=1S/C21H25NO7/c1-12(24)22-18-20(26)19(25)17(11-23)29-21(18)28-16-9-4-3-8-15(16)13-6-5-7-14(10-13)27-2/h3-10,17-21,23,25-26H,11H2,1-2H3,(H,22,24)/t17-,18-,19+,20-,21-/m1/s1. The molecule has 2 aromatic carbocycles. The Hall–Kier alpha value is -2.65. The number of hydrogen-bond acceptors (Lipinski definition) is 7. The summed E-state index contributed by atoms with van der Waals surface area (Å²) in [6, 6.07) is 13.6. The number of carbonyl (C=O) groups excluding carboxylic acids is 1. The molecule has 0 radical (unpaired) electrons. The lowest BCUT2D eigenvalue weighted by molar-refractivity contribution is -0.244. The summed E-state index contributed by atoms with van der Waals surface area (Å²) in [6.07, 6.45) is -4.92. The normalized spacial score (nSPS) is 26.6. The molecule has 2 aromatic rings. The molecule has 5 atom stereocenters. The smallest absolute Gasteiger partial charge is 0.223 e. The van der Waals surface area contributed by atoms with Gasteiger partial charge in [0.05, 0.1) is 13.7 Å². The van der Waals surface area contributed by atoms with Gasteiger partial charge in [0.1, 0.15) is 35.9 Å². The van der Waals surface area contributed by atoms with Gasteiger partial charge in [0.2, 0.25) is 12.2 Å². The van der Waals surface area contributed by atoms with Crippen molar-refractivity contribution in [1.82, 2.24) is 5.32 Å². The Balaban J connectivity index is 1.93. The number of carbonyl (C=O) groups is 1. The molecule has 0 unspecified atom stereocenters. The molecule has 1 aliphatic rings. The van der Waals surface area contributed by atoms with Crippen LogP contribution >= 0.6 is 0 Å². The largest absolute Gasteiger partial charge is 0.497 e. The molecule has 29 heavy (non-hydrogen) atoms. The van der Waals surface area contributed by atoms with Gasteiger partial charge in [-0.25, -0.2) is 0 Å². The molecule has 156 valence electrons. The molecular formula is C21H25NO7. The minimum Gasteiger partial charge on any atom is -0.497 e. The molecule has 0 spiro atoms. The van der Waals surface area contributed by atoms with Crippen LogP contribution in [-0.4, -0.2) is 65.6 Å². The van der Waals surface area contributed by atoms with Crippen molar-refractivity contribution in [3.05, 3.63) is 48.5 Å². The van der Waals surface area contributed by atoms with Crippen LogP contribution < -0.4 is 14.8 Å². The Kier molecular flexibility index (Phi) is 6.71. The SMILES string of the molecule is COc1cccc(-c2ccccc2O[C@@H]2O[C@H](CO)[C@H](O)[C@H](O)[C@H]2NC(C)=O)c1. The second-order valence-electron chi connectivity index (χ2n) is 6.78. The minimum absolute atomic E-state index is 0.415. The fraction of sp³-hybridized carbons (Fsp3) is 0.381. The van der Waals surface area contributed by atoms with Crippen LogP contribution in [0.5, 0.6) is 11.5 Å². The van der Waals surface area contributed by atoms with Gasteiger partial charge in [0, 0.05) is 12.5 Å². The molecule has 1 heterocycles. The van der Waals surface area contributed by atoms with Gasteiger partial charge in [0.15, 0.2) is 0 Å². The number of amides is 1. The third kappa shape index (κ3) is 4.68. The van der Waals surface area contributed by atoms with Crippen molar-refractivity contribution in [3.8, 4) is 22.6 Å². The summed E-state index contributed by atoms with van der Waals surface area (Å²) in [6.45, 7) is 0.779. The van der Waals surface area contributed by atoms with E-state index in [9.17, 15) is 20.1 Å². The number of ether oxygens (including phenoxy) is 3. The predicted octanol–water partition coefficient (Wildman–Crippen LogP) is 0.685. The Bertz CT molecular complexity index is 843. The highest BCUT2D eigenvalue weighted by atomic mass is 16.7. The molecule has 8 nitrogen and oxygen atoms in total. The van der Waals surface area contributed by atoms with E-state index < -0.39 is 43.2 Å². The van der Waals surface area contributed by atoms with Crippen LogP contribution in [0.4, 0.5) is 0 Å². The molecule has 1 saturated heterocycles. The Morgan fingerprint density at radius 1 is 1.14 bits per heavy atom. The lowest BCUT2D eigenvalue weighted by atomic mass is 9.96. The number of methoxy groups -OCH3 is 1. The van der Waals surface area contributed by atoms with E-state index in [-0.39, 0.29) is 0 Å². The van der Waals surface area contributed by atoms with Gasteiger partial charge in [-0.1, -0.05) is 30.3 Å². The molecule has 0 saturated carbocycles. The highest BCUT2D eigenvalue weighted by Gasteiger charge is 2.46. The highest BCUT2D eigenvalue weighted by Crippen LogP contribution is 2.34. The van der Waals surface area contributed by atoms with E-state index in [0.29, 0.717) is 11.5 Å². The zero-order valence-corrected chi connectivity index (χ0v) is 16.2. The maximum absolute atomic E-state index is 11.6. The van der Waals surface area contributed by atoms with Gasteiger partial charge >= 0.3 is 0 Å². The van der Waals surface area contributed by atoms with Gasteiger partial charge in [-0.2, -0.15) is 0 Å².